The summed E-state index contributed by atoms with van der Waals surface area (Å²) in [6.07, 6.45) is 1.54. The average Bonchev–Trinajstić information content (AvgIpc) is 2.23. The lowest BCUT2D eigenvalue weighted by molar-refractivity contribution is 0.0603. The van der Waals surface area contributed by atoms with Crippen molar-refractivity contribution >= 4 is 15.9 Å². The van der Waals surface area contributed by atoms with Gasteiger partial charge in [-0.1, -0.05) is 13.0 Å². The summed E-state index contributed by atoms with van der Waals surface area (Å²) < 4.78 is 13.5. The van der Waals surface area contributed by atoms with Crippen LogP contribution in [0.5, 0.6) is 0 Å². The van der Waals surface area contributed by atoms with Crippen LogP contribution in [0.4, 0.5) is 4.39 Å². The molecule has 0 aliphatic heterocycles. The minimum Gasteiger partial charge on any atom is -0.389 e. The Kier molecular flexibility index (Phi) is 5.56. The van der Waals surface area contributed by atoms with Gasteiger partial charge in [-0.2, -0.15) is 0 Å². The number of halogens is 2. The van der Waals surface area contributed by atoms with Crippen LogP contribution < -0.4 is 5.32 Å². The molecule has 1 atom stereocenters. The Hall–Kier alpha value is -0.450. The molecule has 0 bridgehead atoms. The third-order valence-electron chi connectivity index (χ3n) is 2.50. The van der Waals surface area contributed by atoms with E-state index in [0.29, 0.717) is 17.4 Å². The maximum atomic E-state index is 13.1. The Morgan fingerprint density at radius 3 is 2.76 bits per heavy atom. The Bertz CT molecular complexity index is 368. The van der Waals surface area contributed by atoms with E-state index in [1.807, 2.05) is 0 Å². The lowest BCUT2D eigenvalue weighted by atomic mass is 9.96. The molecule has 0 fully saturated rings. The Labute approximate surface area is 110 Å². The van der Waals surface area contributed by atoms with Gasteiger partial charge in [0.05, 0.1) is 10.1 Å². The van der Waals surface area contributed by atoms with Crippen molar-refractivity contribution in [3.63, 3.8) is 0 Å². The molecule has 2 nitrogen and oxygen atoms in total. The van der Waals surface area contributed by atoms with Gasteiger partial charge in [-0.05, 0) is 53.5 Å². The minimum atomic E-state index is -0.813. The smallest absolute Gasteiger partial charge is 0.137 e. The van der Waals surface area contributed by atoms with Gasteiger partial charge in [0, 0.05) is 13.0 Å². The number of benzene rings is 1. The first kappa shape index (κ1) is 14.6. The second-order valence-corrected chi connectivity index (χ2v) is 5.45. The molecule has 0 saturated carbocycles. The molecule has 1 aromatic rings. The molecule has 0 radical (unpaired) electrons. The van der Waals surface area contributed by atoms with Crippen molar-refractivity contribution in [2.45, 2.75) is 32.3 Å². The third-order valence-corrected chi connectivity index (χ3v) is 3.11. The fraction of sp³-hybridized carbons (Fsp3) is 0.538. The highest BCUT2D eigenvalue weighted by Gasteiger charge is 2.20. The van der Waals surface area contributed by atoms with Crippen LogP contribution in [-0.2, 0) is 6.42 Å². The van der Waals surface area contributed by atoms with Crippen LogP contribution >= 0.6 is 15.9 Å². The summed E-state index contributed by atoms with van der Waals surface area (Å²) in [6.45, 7) is 5.30. The fourth-order valence-electron chi connectivity index (χ4n) is 1.69. The Balaban J connectivity index is 2.59. The molecule has 1 aromatic carbocycles. The zero-order valence-electron chi connectivity index (χ0n) is 10.3. The highest BCUT2D eigenvalue weighted by molar-refractivity contribution is 9.10. The highest BCUT2D eigenvalue weighted by atomic mass is 79.9. The predicted octanol–water partition coefficient (Wildman–Crippen LogP) is 2.88. The van der Waals surface area contributed by atoms with E-state index in [1.165, 1.54) is 6.07 Å². The van der Waals surface area contributed by atoms with Crippen molar-refractivity contribution in [3.05, 3.63) is 34.1 Å². The summed E-state index contributed by atoms with van der Waals surface area (Å²) in [5.74, 6) is -0.280. The van der Waals surface area contributed by atoms with E-state index >= 15 is 0 Å². The van der Waals surface area contributed by atoms with E-state index in [4.69, 9.17) is 0 Å². The van der Waals surface area contributed by atoms with Crippen LogP contribution in [0.2, 0.25) is 0 Å². The summed E-state index contributed by atoms with van der Waals surface area (Å²) in [6, 6.07) is 4.83. The van der Waals surface area contributed by atoms with Gasteiger partial charge in [0.1, 0.15) is 5.82 Å². The summed E-state index contributed by atoms with van der Waals surface area (Å²) in [5.41, 5.74) is 0.105. The number of nitrogens with one attached hydrogen (secondary N) is 1. The molecule has 0 saturated heterocycles. The number of hydrogen-bond acceptors (Lipinski definition) is 2. The van der Waals surface area contributed by atoms with Gasteiger partial charge in [-0.25, -0.2) is 4.39 Å². The Morgan fingerprint density at radius 2 is 2.18 bits per heavy atom. The van der Waals surface area contributed by atoms with E-state index in [2.05, 4.69) is 28.2 Å². The van der Waals surface area contributed by atoms with Gasteiger partial charge >= 0.3 is 0 Å². The highest BCUT2D eigenvalue weighted by Crippen LogP contribution is 2.20. The molecule has 0 aliphatic rings. The summed E-state index contributed by atoms with van der Waals surface area (Å²) >= 11 is 3.15. The fourth-order valence-corrected chi connectivity index (χ4v) is 2.11. The number of rotatable bonds is 6. The maximum absolute atomic E-state index is 13.1. The van der Waals surface area contributed by atoms with Crippen molar-refractivity contribution in [3.8, 4) is 0 Å². The summed E-state index contributed by atoms with van der Waals surface area (Å²) in [5, 5.41) is 13.4. The van der Waals surface area contributed by atoms with Crippen LogP contribution in [0.25, 0.3) is 0 Å². The zero-order chi connectivity index (χ0) is 12.9. The molecule has 0 amide bonds. The summed E-state index contributed by atoms with van der Waals surface area (Å²) in [4.78, 5) is 0. The largest absolute Gasteiger partial charge is 0.389 e. The predicted molar refractivity (Wildman–Crippen MR) is 71.6 cm³/mol. The number of aliphatic hydroxyl groups is 1. The number of hydrogen-bond donors (Lipinski definition) is 2. The van der Waals surface area contributed by atoms with Crippen LogP contribution in [0.1, 0.15) is 25.8 Å². The lowest BCUT2D eigenvalue weighted by Gasteiger charge is -2.24. The molecule has 1 rings (SSSR count). The topological polar surface area (TPSA) is 32.3 Å². The van der Waals surface area contributed by atoms with Gasteiger partial charge in [0.25, 0.3) is 0 Å². The normalized spacial score (nSPS) is 14.6. The van der Waals surface area contributed by atoms with Crippen LogP contribution in [-0.4, -0.2) is 23.8 Å². The van der Waals surface area contributed by atoms with E-state index in [9.17, 15) is 9.50 Å². The first-order valence-corrected chi connectivity index (χ1v) is 6.61. The average molecular weight is 304 g/mol. The molecule has 0 aliphatic carbocycles. The summed E-state index contributed by atoms with van der Waals surface area (Å²) in [7, 11) is 0. The molecular weight excluding hydrogens is 285 g/mol. The van der Waals surface area contributed by atoms with Crippen molar-refractivity contribution in [2.75, 3.05) is 13.1 Å². The van der Waals surface area contributed by atoms with Crippen LogP contribution in [0.15, 0.2) is 22.7 Å². The molecule has 1 unspecified atom stereocenters. The molecule has 0 spiro atoms. The van der Waals surface area contributed by atoms with E-state index in [-0.39, 0.29) is 5.82 Å². The van der Waals surface area contributed by atoms with Gasteiger partial charge in [-0.3, -0.25) is 0 Å². The van der Waals surface area contributed by atoms with Gasteiger partial charge in [0.15, 0.2) is 0 Å². The van der Waals surface area contributed by atoms with Crippen LogP contribution in [0, 0.1) is 5.82 Å². The molecule has 17 heavy (non-hydrogen) atoms. The van der Waals surface area contributed by atoms with Gasteiger partial charge < -0.3 is 10.4 Å². The van der Waals surface area contributed by atoms with Gasteiger partial charge in [0.2, 0.25) is 0 Å². The molecule has 0 heterocycles. The van der Waals surface area contributed by atoms with Crippen molar-refractivity contribution in [1.29, 1.82) is 0 Å². The van der Waals surface area contributed by atoms with Crippen LogP contribution in [0.3, 0.4) is 0 Å². The van der Waals surface area contributed by atoms with Crippen molar-refractivity contribution < 1.29 is 9.50 Å². The van der Waals surface area contributed by atoms with Crippen molar-refractivity contribution in [1.82, 2.24) is 5.32 Å². The molecule has 4 heteroatoms. The zero-order valence-corrected chi connectivity index (χ0v) is 11.8. The standard InChI is InChI=1S/C13H19BrFNO/c1-3-6-16-9-13(2,17)8-10-4-5-12(15)11(14)7-10/h4-5,7,16-17H,3,6,8-9H2,1-2H3. The Morgan fingerprint density at radius 1 is 1.47 bits per heavy atom. The maximum Gasteiger partial charge on any atom is 0.137 e. The monoisotopic (exact) mass is 303 g/mol. The third kappa shape index (κ3) is 5.15. The molecule has 2 N–H and O–H groups in total. The first-order valence-electron chi connectivity index (χ1n) is 5.81. The minimum absolute atomic E-state index is 0.280. The SMILES string of the molecule is CCCNCC(C)(O)Cc1ccc(F)c(Br)c1. The van der Waals surface area contributed by atoms with Crippen molar-refractivity contribution in [2.24, 2.45) is 0 Å². The lowest BCUT2D eigenvalue weighted by Crippen LogP contribution is -2.40. The van der Waals surface area contributed by atoms with E-state index in [1.54, 1.807) is 19.1 Å². The first-order chi connectivity index (χ1) is 7.94. The second-order valence-electron chi connectivity index (χ2n) is 4.60. The quantitative estimate of drug-likeness (QED) is 0.792. The van der Waals surface area contributed by atoms with Gasteiger partial charge in [-0.15, -0.1) is 0 Å². The van der Waals surface area contributed by atoms with E-state index < -0.39 is 5.60 Å². The molecular formula is C13H19BrFNO. The second kappa shape index (κ2) is 6.47. The molecule has 0 aromatic heterocycles. The van der Waals surface area contributed by atoms with E-state index in [0.717, 1.165) is 18.5 Å². The molecule has 96 valence electrons.